The van der Waals surface area contributed by atoms with Gasteiger partial charge in [0.2, 0.25) is 15.0 Å². The first kappa shape index (κ1) is 15.1. The second-order valence-electron chi connectivity index (χ2n) is 4.73. The summed E-state index contributed by atoms with van der Waals surface area (Å²) in [6, 6.07) is 5.83. The maximum absolute atomic E-state index is 12.0. The molecular weight excluding hydrogens is 401 g/mol. The smallest absolute Gasteiger partial charge is 0.232 e. The van der Waals surface area contributed by atoms with Gasteiger partial charge in [-0.2, -0.15) is 0 Å². The molecule has 1 aromatic carbocycles. The Balaban J connectivity index is 2.20. The van der Waals surface area contributed by atoms with E-state index >= 15 is 0 Å². The SMILES string of the molecule is Cc1ccc(N2CC(CS(=O)(=O)Cl)CC2=O)c(I)c1. The minimum atomic E-state index is -3.56. The fraction of sp³-hybridized carbons (Fsp3) is 0.417. The van der Waals surface area contributed by atoms with Gasteiger partial charge < -0.3 is 4.90 Å². The van der Waals surface area contributed by atoms with Crippen LogP contribution in [0.15, 0.2) is 18.2 Å². The Hall–Kier alpha value is -0.340. The lowest BCUT2D eigenvalue weighted by atomic mass is 10.1. The first-order chi connectivity index (χ1) is 8.76. The van der Waals surface area contributed by atoms with Crippen LogP contribution in [0.25, 0.3) is 0 Å². The van der Waals surface area contributed by atoms with E-state index in [2.05, 4.69) is 22.6 Å². The average molecular weight is 414 g/mol. The summed E-state index contributed by atoms with van der Waals surface area (Å²) in [5.74, 6) is -0.432. The maximum Gasteiger partial charge on any atom is 0.232 e. The van der Waals surface area contributed by atoms with E-state index in [4.69, 9.17) is 10.7 Å². The Kier molecular flexibility index (Phi) is 4.42. The van der Waals surface area contributed by atoms with Gasteiger partial charge in [-0.15, -0.1) is 0 Å². The highest BCUT2D eigenvalue weighted by Crippen LogP contribution is 2.30. The maximum atomic E-state index is 12.0. The lowest BCUT2D eigenvalue weighted by Crippen LogP contribution is -2.26. The number of aryl methyl sites for hydroxylation is 1. The Morgan fingerprint density at radius 2 is 2.16 bits per heavy atom. The summed E-state index contributed by atoms with van der Waals surface area (Å²) in [6.07, 6.45) is 0.232. The molecule has 0 saturated carbocycles. The van der Waals surface area contributed by atoms with Crippen LogP contribution in [-0.4, -0.2) is 26.6 Å². The lowest BCUT2D eigenvalue weighted by molar-refractivity contribution is -0.117. The zero-order valence-corrected chi connectivity index (χ0v) is 14.0. The van der Waals surface area contributed by atoms with E-state index < -0.39 is 9.05 Å². The summed E-state index contributed by atoms with van der Waals surface area (Å²) in [7, 11) is 1.69. The zero-order valence-electron chi connectivity index (χ0n) is 10.3. The number of anilines is 1. The fourth-order valence-corrected chi connectivity index (χ4v) is 4.52. The number of rotatable bonds is 3. The van der Waals surface area contributed by atoms with E-state index in [9.17, 15) is 13.2 Å². The molecule has 1 unspecified atom stereocenters. The summed E-state index contributed by atoms with van der Waals surface area (Å²) in [6.45, 7) is 2.39. The van der Waals surface area contributed by atoms with Crippen LogP contribution in [0.3, 0.4) is 0 Å². The predicted molar refractivity (Wildman–Crippen MR) is 84.0 cm³/mol. The Morgan fingerprint density at radius 1 is 1.47 bits per heavy atom. The molecule has 7 heteroatoms. The highest BCUT2D eigenvalue weighted by atomic mass is 127. The van der Waals surface area contributed by atoms with Gasteiger partial charge in [0.05, 0.1) is 11.4 Å². The van der Waals surface area contributed by atoms with Gasteiger partial charge in [-0.05, 0) is 47.2 Å². The van der Waals surface area contributed by atoms with Crippen LogP contribution in [0, 0.1) is 16.4 Å². The molecule has 0 aliphatic carbocycles. The molecule has 0 radical (unpaired) electrons. The highest BCUT2D eigenvalue weighted by Gasteiger charge is 2.33. The molecule has 104 valence electrons. The van der Waals surface area contributed by atoms with Crippen molar-refractivity contribution < 1.29 is 13.2 Å². The minimum Gasteiger partial charge on any atom is -0.311 e. The molecule has 1 atom stereocenters. The van der Waals surface area contributed by atoms with Crippen LogP contribution >= 0.6 is 33.3 Å². The van der Waals surface area contributed by atoms with Gasteiger partial charge in [0.25, 0.3) is 0 Å². The molecule has 1 fully saturated rings. The van der Waals surface area contributed by atoms with Gasteiger partial charge in [-0.3, -0.25) is 4.79 Å². The third-order valence-electron chi connectivity index (χ3n) is 3.03. The quantitative estimate of drug-likeness (QED) is 0.565. The number of amides is 1. The van der Waals surface area contributed by atoms with Crippen molar-refractivity contribution >= 4 is 53.9 Å². The van der Waals surface area contributed by atoms with Crippen molar-refractivity contribution in [3.05, 3.63) is 27.3 Å². The van der Waals surface area contributed by atoms with Crippen LogP contribution in [0.2, 0.25) is 0 Å². The van der Waals surface area contributed by atoms with Crippen molar-refractivity contribution in [3.63, 3.8) is 0 Å². The van der Waals surface area contributed by atoms with Crippen LogP contribution in [0.5, 0.6) is 0 Å². The van der Waals surface area contributed by atoms with E-state index in [0.29, 0.717) is 6.54 Å². The van der Waals surface area contributed by atoms with E-state index in [0.717, 1.165) is 14.8 Å². The molecule has 4 nitrogen and oxygen atoms in total. The number of halogens is 2. The van der Waals surface area contributed by atoms with Crippen LogP contribution in [-0.2, 0) is 13.8 Å². The summed E-state index contributed by atoms with van der Waals surface area (Å²) >= 11 is 2.18. The molecule has 1 aromatic rings. The summed E-state index contributed by atoms with van der Waals surface area (Å²) in [5.41, 5.74) is 1.96. The zero-order chi connectivity index (χ0) is 14.2. The van der Waals surface area contributed by atoms with Gasteiger partial charge in [0.1, 0.15) is 0 Å². The van der Waals surface area contributed by atoms with Gasteiger partial charge in [0, 0.05) is 33.1 Å². The second kappa shape index (κ2) is 5.57. The Bertz CT molecular complexity index is 617. The first-order valence-electron chi connectivity index (χ1n) is 5.75. The fourth-order valence-electron chi connectivity index (χ4n) is 2.24. The number of nitrogens with zero attached hydrogens (tertiary/aromatic N) is 1. The topological polar surface area (TPSA) is 54.5 Å². The number of benzene rings is 1. The monoisotopic (exact) mass is 413 g/mol. The van der Waals surface area contributed by atoms with Crippen molar-refractivity contribution in [1.82, 2.24) is 0 Å². The van der Waals surface area contributed by atoms with Crippen molar-refractivity contribution in [3.8, 4) is 0 Å². The van der Waals surface area contributed by atoms with Crippen LogP contribution in [0.1, 0.15) is 12.0 Å². The normalized spacial score (nSPS) is 20.1. The third-order valence-corrected chi connectivity index (χ3v) is 5.15. The second-order valence-corrected chi connectivity index (χ2v) is 8.72. The van der Waals surface area contributed by atoms with Gasteiger partial charge in [-0.25, -0.2) is 8.42 Å². The van der Waals surface area contributed by atoms with E-state index in [1.54, 1.807) is 4.90 Å². The summed E-state index contributed by atoms with van der Waals surface area (Å²) in [4.78, 5) is 13.6. The van der Waals surface area contributed by atoms with E-state index in [1.807, 2.05) is 25.1 Å². The number of hydrogen-bond donors (Lipinski definition) is 0. The molecule has 2 rings (SSSR count). The molecular formula is C12H13ClINO3S. The molecule has 19 heavy (non-hydrogen) atoms. The molecule has 0 N–H and O–H groups in total. The molecule has 0 aromatic heterocycles. The predicted octanol–water partition coefficient (Wildman–Crippen LogP) is 2.52. The number of carbonyl (C=O) groups is 1. The standard InChI is InChI=1S/C12H13ClINO3S/c1-8-2-3-11(10(14)4-8)15-6-9(5-12(15)16)7-19(13,17)18/h2-4,9H,5-7H2,1H3. The molecule has 1 aliphatic heterocycles. The Labute approximate surface area is 130 Å². The molecule has 1 aliphatic rings. The third kappa shape index (κ3) is 3.82. The molecule has 1 saturated heterocycles. The lowest BCUT2D eigenvalue weighted by Gasteiger charge is -2.18. The summed E-state index contributed by atoms with van der Waals surface area (Å²) in [5, 5.41) is 0. The summed E-state index contributed by atoms with van der Waals surface area (Å²) < 4.78 is 23.2. The van der Waals surface area contributed by atoms with Crippen molar-refractivity contribution in [1.29, 1.82) is 0 Å². The van der Waals surface area contributed by atoms with E-state index in [-0.39, 0.29) is 24.0 Å². The number of carbonyl (C=O) groups excluding carboxylic acids is 1. The molecule has 0 bridgehead atoms. The minimum absolute atomic E-state index is 0.0490. The largest absolute Gasteiger partial charge is 0.311 e. The van der Waals surface area contributed by atoms with Gasteiger partial charge in [-0.1, -0.05) is 6.07 Å². The van der Waals surface area contributed by atoms with Gasteiger partial charge in [0.15, 0.2) is 0 Å². The van der Waals surface area contributed by atoms with Crippen LogP contribution in [0.4, 0.5) is 5.69 Å². The van der Waals surface area contributed by atoms with Crippen molar-refractivity contribution in [2.45, 2.75) is 13.3 Å². The van der Waals surface area contributed by atoms with E-state index in [1.165, 1.54) is 0 Å². The molecule has 0 spiro atoms. The first-order valence-corrected chi connectivity index (χ1v) is 9.31. The molecule has 1 heterocycles. The Morgan fingerprint density at radius 3 is 2.74 bits per heavy atom. The average Bonchev–Trinajstić information content (AvgIpc) is 2.56. The van der Waals surface area contributed by atoms with Gasteiger partial charge >= 0.3 is 0 Å². The highest BCUT2D eigenvalue weighted by molar-refractivity contribution is 14.1. The van der Waals surface area contributed by atoms with Crippen LogP contribution < -0.4 is 4.90 Å². The van der Waals surface area contributed by atoms with Crippen molar-refractivity contribution in [2.75, 3.05) is 17.2 Å². The van der Waals surface area contributed by atoms with Crippen molar-refractivity contribution in [2.24, 2.45) is 5.92 Å². The molecule has 1 amide bonds. The number of hydrogen-bond acceptors (Lipinski definition) is 3.